The van der Waals surface area contributed by atoms with Crippen molar-refractivity contribution in [2.24, 2.45) is 5.41 Å². The van der Waals surface area contributed by atoms with Crippen molar-refractivity contribution in [1.82, 2.24) is 0 Å². The van der Waals surface area contributed by atoms with Crippen molar-refractivity contribution in [3.8, 4) is 0 Å². The van der Waals surface area contributed by atoms with Gasteiger partial charge in [0.25, 0.3) is 0 Å². The third kappa shape index (κ3) is 2.57. The first kappa shape index (κ1) is 11.9. The van der Waals surface area contributed by atoms with Gasteiger partial charge in [0.05, 0.1) is 0 Å². The molecule has 1 aromatic carbocycles. The standard InChI is InChI=1S/C14H18ClF/c1-14(2)7-3-4-10(9-14)12-6-5-11(16)8-13(12)15/h5-6,8,10H,3-4,7,9H2,1-2H3/t10-/m1/s1. The second-order valence-corrected chi connectivity index (χ2v) is 6.03. The zero-order valence-corrected chi connectivity index (χ0v) is 10.6. The van der Waals surface area contributed by atoms with E-state index in [0.29, 0.717) is 16.4 Å². The predicted octanol–water partition coefficient (Wildman–Crippen LogP) is 5.16. The second kappa shape index (κ2) is 4.37. The second-order valence-electron chi connectivity index (χ2n) is 5.62. The highest BCUT2D eigenvalue weighted by atomic mass is 35.5. The molecule has 0 saturated heterocycles. The zero-order valence-electron chi connectivity index (χ0n) is 9.89. The fraction of sp³-hybridized carbons (Fsp3) is 0.571. The Kier molecular flexibility index (Phi) is 3.25. The molecule has 0 amide bonds. The number of hydrogen-bond donors (Lipinski definition) is 0. The molecule has 0 bridgehead atoms. The molecule has 1 atom stereocenters. The van der Waals surface area contributed by atoms with E-state index >= 15 is 0 Å². The van der Waals surface area contributed by atoms with Crippen molar-refractivity contribution in [3.63, 3.8) is 0 Å². The van der Waals surface area contributed by atoms with E-state index in [4.69, 9.17) is 11.6 Å². The molecule has 0 nitrogen and oxygen atoms in total. The summed E-state index contributed by atoms with van der Waals surface area (Å²) >= 11 is 6.12. The normalized spacial score (nSPS) is 24.4. The molecule has 2 heteroatoms. The Bertz CT molecular complexity index is 384. The van der Waals surface area contributed by atoms with Crippen LogP contribution < -0.4 is 0 Å². The summed E-state index contributed by atoms with van der Waals surface area (Å²) in [4.78, 5) is 0. The van der Waals surface area contributed by atoms with Crippen LogP contribution in [0.2, 0.25) is 5.02 Å². The minimum absolute atomic E-state index is 0.246. The molecule has 0 radical (unpaired) electrons. The summed E-state index contributed by atoms with van der Waals surface area (Å²) in [5, 5.41) is 0.586. The number of benzene rings is 1. The zero-order chi connectivity index (χ0) is 11.8. The van der Waals surface area contributed by atoms with Crippen LogP contribution in [0, 0.1) is 11.2 Å². The van der Waals surface area contributed by atoms with Crippen LogP contribution in [0.25, 0.3) is 0 Å². The summed E-state index contributed by atoms with van der Waals surface area (Å²) in [6.07, 6.45) is 4.85. The lowest BCUT2D eigenvalue weighted by Gasteiger charge is -2.35. The molecule has 1 aromatic rings. The first-order valence-electron chi connectivity index (χ1n) is 5.93. The van der Waals surface area contributed by atoms with Crippen molar-refractivity contribution >= 4 is 11.6 Å². The lowest BCUT2D eigenvalue weighted by molar-refractivity contribution is 0.219. The van der Waals surface area contributed by atoms with Gasteiger partial charge in [0, 0.05) is 5.02 Å². The van der Waals surface area contributed by atoms with Gasteiger partial charge < -0.3 is 0 Å². The number of hydrogen-bond acceptors (Lipinski definition) is 0. The first-order valence-corrected chi connectivity index (χ1v) is 6.31. The molecule has 1 fully saturated rings. The fourth-order valence-electron chi connectivity index (χ4n) is 2.80. The highest BCUT2D eigenvalue weighted by molar-refractivity contribution is 6.31. The van der Waals surface area contributed by atoms with Crippen LogP contribution in [0.1, 0.15) is 51.0 Å². The van der Waals surface area contributed by atoms with E-state index in [1.54, 1.807) is 0 Å². The SMILES string of the molecule is CC1(C)CCC[C@@H](c2ccc(F)cc2Cl)C1. The van der Waals surface area contributed by atoms with E-state index in [2.05, 4.69) is 13.8 Å². The molecule has 0 aliphatic heterocycles. The summed E-state index contributed by atoms with van der Waals surface area (Å²) in [6, 6.07) is 4.80. The first-order chi connectivity index (χ1) is 7.48. The van der Waals surface area contributed by atoms with Crippen LogP contribution in [0.4, 0.5) is 4.39 Å². The van der Waals surface area contributed by atoms with Gasteiger partial charge >= 0.3 is 0 Å². The lowest BCUT2D eigenvalue weighted by atomic mass is 9.70. The van der Waals surface area contributed by atoms with E-state index in [9.17, 15) is 4.39 Å². The molecule has 88 valence electrons. The summed E-state index contributed by atoms with van der Waals surface area (Å²) < 4.78 is 13.0. The van der Waals surface area contributed by atoms with Gasteiger partial charge in [-0.15, -0.1) is 0 Å². The Balaban J connectivity index is 2.23. The summed E-state index contributed by atoms with van der Waals surface area (Å²) in [7, 11) is 0. The molecule has 1 aliphatic rings. The average Bonchev–Trinajstić information content (AvgIpc) is 2.15. The predicted molar refractivity (Wildman–Crippen MR) is 66.4 cm³/mol. The monoisotopic (exact) mass is 240 g/mol. The largest absolute Gasteiger partial charge is 0.207 e. The Morgan fingerprint density at radius 3 is 2.75 bits per heavy atom. The minimum atomic E-state index is -0.246. The van der Waals surface area contributed by atoms with E-state index in [-0.39, 0.29) is 5.82 Å². The Labute approximate surface area is 102 Å². The highest BCUT2D eigenvalue weighted by Crippen LogP contribution is 2.44. The topological polar surface area (TPSA) is 0 Å². The molecule has 0 heterocycles. The molecule has 0 spiro atoms. The average molecular weight is 241 g/mol. The van der Waals surface area contributed by atoms with Gasteiger partial charge in [0.15, 0.2) is 0 Å². The minimum Gasteiger partial charge on any atom is -0.207 e. The van der Waals surface area contributed by atoms with Crippen LogP contribution in [0.15, 0.2) is 18.2 Å². The highest BCUT2D eigenvalue weighted by Gasteiger charge is 2.29. The lowest BCUT2D eigenvalue weighted by Crippen LogP contribution is -2.21. The van der Waals surface area contributed by atoms with E-state index in [1.165, 1.54) is 31.4 Å². The van der Waals surface area contributed by atoms with Crippen LogP contribution in [0.5, 0.6) is 0 Å². The molecule has 1 aliphatic carbocycles. The van der Waals surface area contributed by atoms with Gasteiger partial charge in [-0.05, 0) is 48.3 Å². The van der Waals surface area contributed by atoms with E-state index in [1.807, 2.05) is 6.07 Å². The fourth-order valence-corrected chi connectivity index (χ4v) is 3.12. The van der Waals surface area contributed by atoms with Crippen molar-refractivity contribution in [3.05, 3.63) is 34.6 Å². The van der Waals surface area contributed by atoms with Crippen molar-refractivity contribution in [1.29, 1.82) is 0 Å². The smallest absolute Gasteiger partial charge is 0.124 e. The Hall–Kier alpha value is -0.560. The Morgan fingerprint density at radius 2 is 2.12 bits per heavy atom. The van der Waals surface area contributed by atoms with Crippen LogP contribution in [0.3, 0.4) is 0 Å². The summed E-state index contributed by atoms with van der Waals surface area (Å²) in [5.74, 6) is 0.251. The molecule has 0 N–H and O–H groups in total. The molecular formula is C14H18ClF. The quantitative estimate of drug-likeness (QED) is 0.636. The van der Waals surface area contributed by atoms with Crippen LogP contribution in [-0.4, -0.2) is 0 Å². The number of halogens is 2. The van der Waals surface area contributed by atoms with Crippen molar-refractivity contribution < 1.29 is 4.39 Å². The van der Waals surface area contributed by atoms with E-state index in [0.717, 1.165) is 12.0 Å². The summed E-state index contributed by atoms with van der Waals surface area (Å²) in [5.41, 5.74) is 1.51. The third-order valence-corrected chi connectivity index (χ3v) is 3.93. The molecular weight excluding hydrogens is 223 g/mol. The third-order valence-electron chi connectivity index (χ3n) is 3.61. The van der Waals surface area contributed by atoms with Crippen molar-refractivity contribution in [2.75, 3.05) is 0 Å². The number of rotatable bonds is 1. The molecule has 2 rings (SSSR count). The van der Waals surface area contributed by atoms with Crippen molar-refractivity contribution in [2.45, 2.75) is 45.4 Å². The molecule has 0 unspecified atom stereocenters. The molecule has 16 heavy (non-hydrogen) atoms. The van der Waals surface area contributed by atoms with Crippen LogP contribution in [-0.2, 0) is 0 Å². The molecule has 0 aromatic heterocycles. The van der Waals surface area contributed by atoms with Crippen LogP contribution >= 0.6 is 11.6 Å². The van der Waals surface area contributed by atoms with Gasteiger partial charge in [-0.3, -0.25) is 0 Å². The van der Waals surface area contributed by atoms with Gasteiger partial charge in [-0.1, -0.05) is 37.9 Å². The van der Waals surface area contributed by atoms with Gasteiger partial charge in [0.2, 0.25) is 0 Å². The van der Waals surface area contributed by atoms with Gasteiger partial charge in [-0.25, -0.2) is 4.39 Å². The maximum Gasteiger partial charge on any atom is 0.124 e. The summed E-state index contributed by atoms with van der Waals surface area (Å²) in [6.45, 7) is 4.60. The van der Waals surface area contributed by atoms with Gasteiger partial charge in [0.1, 0.15) is 5.82 Å². The maximum absolute atomic E-state index is 13.0. The Morgan fingerprint density at radius 1 is 1.38 bits per heavy atom. The van der Waals surface area contributed by atoms with Gasteiger partial charge in [-0.2, -0.15) is 0 Å². The molecule has 1 saturated carbocycles. The maximum atomic E-state index is 13.0. The van der Waals surface area contributed by atoms with E-state index < -0.39 is 0 Å².